The predicted octanol–water partition coefficient (Wildman–Crippen LogP) is 3.60. The van der Waals surface area contributed by atoms with Crippen LogP contribution in [0.25, 0.3) is 0 Å². The number of ether oxygens (including phenoxy) is 1. The number of esters is 1. The van der Waals surface area contributed by atoms with E-state index in [1.165, 1.54) is 41.3 Å². The highest BCUT2D eigenvalue weighted by Gasteiger charge is 2.37. The summed E-state index contributed by atoms with van der Waals surface area (Å²) in [6.07, 6.45) is 0. The molecule has 2 heterocycles. The third-order valence-electron chi connectivity index (χ3n) is 5.20. The second kappa shape index (κ2) is 9.52. The first kappa shape index (κ1) is 23.2. The first-order valence-electron chi connectivity index (χ1n) is 10.4. The molecule has 4 rings (SSSR count). The van der Waals surface area contributed by atoms with Crippen LogP contribution in [0.2, 0.25) is 0 Å². The summed E-state index contributed by atoms with van der Waals surface area (Å²) in [4.78, 5) is 57.9. The van der Waals surface area contributed by atoms with E-state index in [1.54, 1.807) is 26.0 Å². The van der Waals surface area contributed by atoms with Crippen LogP contribution in [-0.4, -0.2) is 46.7 Å². The van der Waals surface area contributed by atoms with Gasteiger partial charge in [-0.25, -0.2) is 14.2 Å². The number of carbonyl (C=O) groups is 4. The predicted molar refractivity (Wildman–Crippen MR) is 122 cm³/mol. The maximum atomic E-state index is 13.4. The Bertz CT molecular complexity index is 1250. The normalized spacial score (nSPS) is 12.6. The zero-order valence-corrected chi connectivity index (χ0v) is 19.2. The van der Waals surface area contributed by atoms with Crippen LogP contribution >= 0.6 is 11.3 Å². The molecular formula is C24H20FN3O5S. The highest BCUT2D eigenvalue weighted by molar-refractivity contribution is 7.17. The Labute approximate surface area is 198 Å². The van der Waals surface area contributed by atoms with Crippen LogP contribution in [0.15, 0.2) is 48.5 Å². The van der Waals surface area contributed by atoms with Crippen molar-refractivity contribution in [3.8, 4) is 0 Å². The van der Waals surface area contributed by atoms with Crippen LogP contribution in [0, 0.1) is 12.7 Å². The van der Waals surface area contributed by atoms with E-state index in [0.29, 0.717) is 11.3 Å². The molecule has 8 nitrogen and oxygen atoms in total. The maximum absolute atomic E-state index is 13.4. The summed E-state index contributed by atoms with van der Waals surface area (Å²) < 4.78 is 18.4. The zero-order valence-electron chi connectivity index (χ0n) is 18.4. The standard InChI is InChI=1S/C24H20FN3O5S/c1-3-33-23(32)20-14(2)26-24(34-20)27(12-15-8-10-16(25)11-9-15)19(29)13-28-21(30)17-6-4-5-7-18(17)22(28)31/h4-11H,3,12-13H2,1-2H3. The molecule has 3 aromatic rings. The number of hydrogen-bond donors (Lipinski definition) is 0. The monoisotopic (exact) mass is 481 g/mol. The molecule has 1 aliphatic rings. The molecule has 3 amide bonds. The Morgan fingerprint density at radius 2 is 1.68 bits per heavy atom. The van der Waals surface area contributed by atoms with Crippen LogP contribution in [0.3, 0.4) is 0 Å². The first-order valence-corrected chi connectivity index (χ1v) is 11.3. The molecular weight excluding hydrogens is 461 g/mol. The van der Waals surface area contributed by atoms with E-state index in [4.69, 9.17) is 4.74 Å². The lowest BCUT2D eigenvalue weighted by molar-refractivity contribution is -0.119. The van der Waals surface area contributed by atoms with Gasteiger partial charge in [0.05, 0.1) is 30.0 Å². The van der Waals surface area contributed by atoms with Gasteiger partial charge in [0, 0.05) is 0 Å². The highest BCUT2D eigenvalue weighted by Crippen LogP contribution is 2.29. The van der Waals surface area contributed by atoms with Crippen molar-refractivity contribution in [3.05, 3.63) is 81.6 Å². The molecule has 2 aromatic carbocycles. The number of amides is 3. The molecule has 1 aromatic heterocycles. The minimum absolute atomic E-state index is 0.00248. The SMILES string of the molecule is CCOC(=O)c1sc(N(Cc2ccc(F)cc2)C(=O)CN2C(=O)c3ccccc3C2=O)nc1C. The van der Waals surface area contributed by atoms with E-state index in [2.05, 4.69) is 4.98 Å². The lowest BCUT2D eigenvalue weighted by atomic mass is 10.1. The fraction of sp³-hybridized carbons (Fsp3) is 0.208. The Morgan fingerprint density at radius 1 is 1.06 bits per heavy atom. The van der Waals surface area contributed by atoms with Gasteiger partial charge in [-0.3, -0.25) is 24.2 Å². The van der Waals surface area contributed by atoms with Crippen molar-refractivity contribution in [1.29, 1.82) is 0 Å². The minimum atomic E-state index is -0.581. The van der Waals surface area contributed by atoms with Gasteiger partial charge in [-0.2, -0.15) is 0 Å². The van der Waals surface area contributed by atoms with E-state index in [-0.39, 0.29) is 34.3 Å². The molecule has 174 valence electrons. The summed E-state index contributed by atoms with van der Waals surface area (Å²) >= 11 is 0.970. The molecule has 34 heavy (non-hydrogen) atoms. The van der Waals surface area contributed by atoms with E-state index in [1.807, 2.05) is 0 Å². The van der Waals surface area contributed by atoms with E-state index >= 15 is 0 Å². The van der Waals surface area contributed by atoms with E-state index < -0.39 is 36.1 Å². The van der Waals surface area contributed by atoms with Crippen LogP contribution < -0.4 is 4.90 Å². The number of hydrogen-bond acceptors (Lipinski definition) is 7. The zero-order chi connectivity index (χ0) is 24.4. The summed E-state index contributed by atoms with van der Waals surface area (Å²) in [5.74, 6) is -2.68. The van der Waals surface area contributed by atoms with Crippen molar-refractivity contribution < 1.29 is 28.3 Å². The summed E-state index contributed by atoms with van der Waals surface area (Å²) in [7, 11) is 0. The van der Waals surface area contributed by atoms with Gasteiger partial charge in [0.25, 0.3) is 11.8 Å². The molecule has 0 aliphatic carbocycles. The molecule has 0 saturated carbocycles. The smallest absolute Gasteiger partial charge is 0.350 e. The molecule has 0 fully saturated rings. The van der Waals surface area contributed by atoms with Gasteiger partial charge in [0.1, 0.15) is 17.2 Å². The number of nitrogens with zero attached hydrogens (tertiary/aromatic N) is 3. The Balaban J connectivity index is 1.64. The lowest BCUT2D eigenvalue weighted by Crippen LogP contribution is -2.42. The fourth-order valence-electron chi connectivity index (χ4n) is 3.52. The third-order valence-corrected chi connectivity index (χ3v) is 6.36. The second-order valence-electron chi connectivity index (χ2n) is 7.48. The molecule has 0 unspecified atom stereocenters. The Morgan fingerprint density at radius 3 is 2.26 bits per heavy atom. The topological polar surface area (TPSA) is 96.9 Å². The van der Waals surface area contributed by atoms with E-state index in [9.17, 15) is 23.6 Å². The summed E-state index contributed by atoms with van der Waals surface area (Å²) in [6.45, 7) is 2.97. The molecule has 0 spiro atoms. The molecule has 10 heteroatoms. The number of thiazole rings is 1. The molecule has 0 saturated heterocycles. The largest absolute Gasteiger partial charge is 0.462 e. The van der Waals surface area contributed by atoms with Crippen molar-refractivity contribution >= 4 is 40.2 Å². The Hall–Kier alpha value is -3.92. The van der Waals surface area contributed by atoms with Crippen molar-refractivity contribution in [1.82, 2.24) is 9.88 Å². The molecule has 0 bridgehead atoms. The molecule has 0 N–H and O–H groups in total. The van der Waals surface area contributed by atoms with Crippen LogP contribution in [0.4, 0.5) is 9.52 Å². The minimum Gasteiger partial charge on any atom is -0.462 e. The number of aryl methyl sites for hydroxylation is 1. The first-order chi connectivity index (χ1) is 16.3. The Kier molecular flexibility index (Phi) is 6.51. The number of fused-ring (bicyclic) bond motifs is 1. The van der Waals surface area contributed by atoms with Gasteiger partial charge in [-0.1, -0.05) is 35.6 Å². The molecule has 1 aliphatic heterocycles. The number of imide groups is 1. The molecule has 0 atom stereocenters. The number of halogens is 1. The van der Waals surface area contributed by atoms with Crippen LogP contribution in [0.5, 0.6) is 0 Å². The van der Waals surface area contributed by atoms with Crippen molar-refractivity contribution in [2.24, 2.45) is 0 Å². The van der Waals surface area contributed by atoms with Gasteiger partial charge in [0.2, 0.25) is 5.91 Å². The number of carbonyl (C=O) groups excluding carboxylic acids is 4. The van der Waals surface area contributed by atoms with Crippen LogP contribution in [0.1, 0.15) is 48.6 Å². The number of aromatic nitrogens is 1. The van der Waals surface area contributed by atoms with Gasteiger partial charge in [-0.05, 0) is 43.7 Å². The van der Waals surface area contributed by atoms with Crippen molar-refractivity contribution in [3.63, 3.8) is 0 Å². The maximum Gasteiger partial charge on any atom is 0.350 e. The van der Waals surface area contributed by atoms with E-state index in [0.717, 1.165) is 16.2 Å². The van der Waals surface area contributed by atoms with Crippen LogP contribution in [-0.2, 0) is 16.1 Å². The molecule has 0 radical (unpaired) electrons. The number of benzene rings is 2. The van der Waals surface area contributed by atoms with Gasteiger partial charge in [-0.15, -0.1) is 0 Å². The van der Waals surface area contributed by atoms with Crippen molar-refractivity contribution in [2.45, 2.75) is 20.4 Å². The van der Waals surface area contributed by atoms with Gasteiger partial charge < -0.3 is 4.74 Å². The number of anilines is 1. The summed E-state index contributed by atoms with van der Waals surface area (Å²) in [5, 5.41) is 0.200. The fourth-order valence-corrected chi connectivity index (χ4v) is 4.50. The summed E-state index contributed by atoms with van der Waals surface area (Å²) in [5.41, 5.74) is 1.46. The average molecular weight is 482 g/mol. The lowest BCUT2D eigenvalue weighted by Gasteiger charge is -2.23. The second-order valence-corrected chi connectivity index (χ2v) is 8.46. The quantitative estimate of drug-likeness (QED) is 0.378. The number of rotatable bonds is 7. The third kappa shape index (κ3) is 4.44. The summed E-state index contributed by atoms with van der Waals surface area (Å²) in [6, 6.07) is 11.9. The van der Waals surface area contributed by atoms with Gasteiger partial charge in [0.15, 0.2) is 5.13 Å². The van der Waals surface area contributed by atoms with Gasteiger partial charge >= 0.3 is 5.97 Å². The highest BCUT2D eigenvalue weighted by atomic mass is 32.1. The average Bonchev–Trinajstić information content (AvgIpc) is 3.32. The van der Waals surface area contributed by atoms with Crippen molar-refractivity contribution in [2.75, 3.05) is 18.1 Å².